The monoisotopic (exact) mass is 393 g/mol. The third kappa shape index (κ3) is 4.26. The van der Waals surface area contributed by atoms with E-state index in [2.05, 4.69) is 26.0 Å². The number of aryl methyl sites for hydroxylation is 2. The minimum Gasteiger partial charge on any atom is -0.471 e. The van der Waals surface area contributed by atoms with Crippen LogP contribution in [0, 0.1) is 29.9 Å². The second kappa shape index (κ2) is 8.23. The maximum atomic E-state index is 11.3. The highest BCUT2D eigenvalue weighted by atomic mass is 16.6. The molecule has 1 aromatic heterocycles. The summed E-state index contributed by atoms with van der Waals surface area (Å²) in [6.07, 6.45) is 6.28. The zero-order valence-electron chi connectivity index (χ0n) is 17.1. The van der Waals surface area contributed by atoms with Crippen molar-refractivity contribution in [3.8, 4) is 5.88 Å². The number of hydrogen-bond acceptors (Lipinski definition) is 4. The minimum atomic E-state index is -0.370. The number of aromatic nitrogens is 2. The lowest BCUT2D eigenvalue weighted by Crippen LogP contribution is -2.15. The number of rotatable bonds is 6. The Morgan fingerprint density at radius 2 is 1.90 bits per heavy atom. The summed E-state index contributed by atoms with van der Waals surface area (Å²) in [6, 6.07) is 11.2. The van der Waals surface area contributed by atoms with E-state index in [1.165, 1.54) is 43.2 Å². The molecule has 0 amide bonds. The molecule has 0 unspecified atom stereocenters. The van der Waals surface area contributed by atoms with Gasteiger partial charge in [0.15, 0.2) is 0 Å². The van der Waals surface area contributed by atoms with Crippen molar-refractivity contribution in [3.05, 3.63) is 63.2 Å². The third-order valence-electron chi connectivity index (χ3n) is 6.01. The van der Waals surface area contributed by atoms with Crippen LogP contribution < -0.4 is 4.74 Å². The van der Waals surface area contributed by atoms with Crippen LogP contribution in [-0.4, -0.2) is 14.7 Å². The fraction of sp³-hybridized carbons (Fsp3) is 0.435. The van der Waals surface area contributed by atoms with Gasteiger partial charge >= 0.3 is 0 Å². The first-order chi connectivity index (χ1) is 14.0. The molecule has 0 radical (unpaired) electrons. The lowest BCUT2D eigenvalue weighted by Gasteiger charge is -2.21. The Kier molecular flexibility index (Phi) is 5.51. The average Bonchev–Trinajstić information content (AvgIpc) is 3.06. The molecular weight excluding hydrogens is 366 g/mol. The molecule has 6 nitrogen and oxygen atoms in total. The molecule has 0 N–H and O–H groups in total. The van der Waals surface area contributed by atoms with Gasteiger partial charge in [0.2, 0.25) is 5.88 Å². The maximum absolute atomic E-state index is 11.3. The van der Waals surface area contributed by atoms with Crippen LogP contribution in [0.5, 0.6) is 5.88 Å². The topological polar surface area (TPSA) is 70.2 Å². The van der Waals surface area contributed by atoms with Crippen LogP contribution in [0.4, 0.5) is 5.69 Å². The Morgan fingerprint density at radius 3 is 2.62 bits per heavy atom. The zero-order valence-corrected chi connectivity index (χ0v) is 17.1. The lowest BCUT2D eigenvalue weighted by molar-refractivity contribution is -0.384. The predicted octanol–water partition coefficient (Wildman–Crippen LogP) is 5.72. The SMILES string of the molecule is Cc1ccc(COc2nn(CC3CCCCC3)c3ccc([N+](=O)[O-])cc23)cc1C. The third-order valence-corrected chi connectivity index (χ3v) is 6.01. The van der Waals surface area contributed by atoms with E-state index in [-0.39, 0.29) is 10.6 Å². The summed E-state index contributed by atoms with van der Waals surface area (Å²) in [6.45, 7) is 5.39. The van der Waals surface area contributed by atoms with Crippen LogP contribution in [0.2, 0.25) is 0 Å². The quantitative estimate of drug-likeness (QED) is 0.397. The maximum Gasteiger partial charge on any atom is 0.270 e. The summed E-state index contributed by atoms with van der Waals surface area (Å²) in [5, 5.41) is 16.7. The Morgan fingerprint density at radius 1 is 1.10 bits per heavy atom. The Bertz CT molecular complexity index is 1040. The van der Waals surface area contributed by atoms with Crippen LogP contribution >= 0.6 is 0 Å². The number of nitro groups is 1. The molecule has 0 atom stereocenters. The molecule has 29 heavy (non-hydrogen) atoms. The first-order valence-corrected chi connectivity index (χ1v) is 10.3. The van der Waals surface area contributed by atoms with Crippen LogP contribution in [0.1, 0.15) is 48.8 Å². The van der Waals surface area contributed by atoms with E-state index in [4.69, 9.17) is 9.84 Å². The van der Waals surface area contributed by atoms with E-state index in [1.807, 2.05) is 10.7 Å². The molecule has 0 saturated heterocycles. The highest BCUT2D eigenvalue weighted by molar-refractivity contribution is 5.86. The van der Waals surface area contributed by atoms with Gasteiger partial charge in [-0.1, -0.05) is 37.5 Å². The molecule has 0 bridgehead atoms. The molecule has 0 aliphatic heterocycles. The molecule has 0 spiro atoms. The molecule has 152 valence electrons. The van der Waals surface area contributed by atoms with E-state index < -0.39 is 0 Å². The Hall–Kier alpha value is -2.89. The Balaban J connectivity index is 1.63. The number of nitro benzene ring substituents is 1. The molecule has 4 rings (SSSR count). The normalized spacial score (nSPS) is 15.0. The van der Waals surface area contributed by atoms with Crippen LogP contribution in [-0.2, 0) is 13.2 Å². The fourth-order valence-electron chi connectivity index (χ4n) is 4.16. The van der Waals surface area contributed by atoms with Gasteiger partial charge in [-0.2, -0.15) is 0 Å². The van der Waals surface area contributed by atoms with Crippen molar-refractivity contribution in [2.45, 2.75) is 59.1 Å². The summed E-state index contributed by atoms with van der Waals surface area (Å²) < 4.78 is 8.03. The zero-order chi connectivity index (χ0) is 20.4. The molecule has 3 aromatic rings. The number of fused-ring (bicyclic) bond motifs is 1. The molecule has 1 aliphatic carbocycles. The van der Waals surface area contributed by atoms with Crippen molar-refractivity contribution in [2.75, 3.05) is 0 Å². The molecule has 6 heteroatoms. The molecule has 2 aromatic carbocycles. The van der Waals surface area contributed by atoms with Crippen LogP contribution in [0.15, 0.2) is 36.4 Å². The summed E-state index contributed by atoms with van der Waals surface area (Å²) in [5.41, 5.74) is 4.48. The van der Waals surface area contributed by atoms with Gasteiger partial charge in [-0.3, -0.25) is 14.8 Å². The molecule has 1 saturated carbocycles. The minimum absolute atomic E-state index is 0.0609. The standard InChI is InChI=1S/C23H27N3O3/c1-16-8-9-19(12-17(16)2)15-29-23-21-13-20(26(27)28)10-11-22(21)25(24-23)14-18-6-4-3-5-7-18/h8-13,18H,3-7,14-15H2,1-2H3. The second-order valence-corrected chi connectivity index (χ2v) is 8.16. The average molecular weight is 393 g/mol. The van der Waals surface area contributed by atoms with Gasteiger partial charge in [0.1, 0.15) is 6.61 Å². The molecule has 1 heterocycles. The summed E-state index contributed by atoms with van der Waals surface area (Å²) in [4.78, 5) is 10.9. The van der Waals surface area contributed by atoms with E-state index in [0.717, 1.165) is 17.6 Å². The Labute approximate surface area is 170 Å². The molecular formula is C23H27N3O3. The van der Waals surface area contributed by atoms with Crippen molar-refractivity contribution in [2.24, 2.45) is 5.92 Å². The van der Waals surface area contributed by atoms with Crippen molar-refractivity contribution in [1.82, 2.24) is 9.78 Å². The molecule has 1 aliphatic rings. The number of non-ortho nitro benzene ring substituents is 1. The highest BCUT2D eigenvalue weighted by Crippen LogP contribution is 2.32. The van der Waals surface area contributed by atoms with Gasteiger partial charge in [0.05, 0.1) is 15.8 Å². The summed E-state index contributed by atoms with van der Waals surface area (Å²) in [7, 11) is 0. The number of ether oxygens (including phenoxy) is 1. The first kappa shape index (κ1) is 19.4. The molecule has 1 fully saturated rings. The van der Waals surface area contributed by atoms with Crippen LogP contribution in [0.25, 0.3) is 10.9 Å². The summed E-state index contributed by atoms with van der Waals surface area (Å²) in [5.74, 6) is 1.08. The second-order valence-electron chi connectivity index (χ2n) is 8.16. The largest absolute Gasteiger partial charge is 0.471 e. The van der Waals surface area contributed by atoms with E-state index in [0.29, 0.717) is 23.8 Å². The summed E-state index contributed by atoms with van der Waals surface area (Å²) >= 11 is 0. The smallest absolute Gasteiger partial charge is 0.270 e. The van der Waals surface area contributed by atoms with Gasteiger partial charge in [0, 0.05) is 18.7 Å². The van der Waals surface area contributed by atoms with Gasteiger partial charge < -0.3 is 4.74 Å². The van der Waals surface area contributed by atoms with Gasteiger partial charge in [-0.05, 0) is 55.4 Å². The van der Waals surface area contributed by atoms with E-state index >= 15 is 0 Å². The predicted molar refractivity (Wildman–Crippen MR) is 113 cm³/mol. The van der Waals surface area contributed by atoms with Gasteiger partial charge in [0.25, 0.3) is 5.69 Å². The van der Waals surface area contributed by atoms with Crippen molar-refractivity contribution < 1.29 is 9.66 Å². The van der Waals surface area contributed by atoms with Crippen molar-refractivity contribution in [1.29, 1.82) is 0 Å². The first-order valence-electron chi connectivity index (χ1n) is 10.3. The van der Waals surface area contributed by atoms with E-state index in [9.17, 15) is 10.1 Å². The highest BCUT2D eigenvalue weighted by Gasteiger charge is 2.20. The van der Waals surface area contributed by atoms with E-state index in [1.54, 1.807) is 18.2 Å². The van der Waals surface area contributed by atoms with Crippen LogP contribution in [0.3, 0.4) is 0 Å². The van der Waals surface area contributed by atoms with Crippen molar-refractivity contribution in [3.63, 3.8) is 0 Å². The lowest BCUT2D eigenvalue weighted by atomic mass is 9.89. The van der Waals surface area contributed by atoms with Gasteiger partial charge in [-0.15, -0.1) is 5.10 Å². The number of benzene rings is 2. The fourth-order valence-corrected chi connectivity index (χ4v) is 4.16. The number of nitrogens with zero attached hydrogens (tertiary/aromatic N) is 3. The van der Waals surface area contributed by atoms with Gasteiger partial charge in [-0.25, -0.2) is 0 Å². The van der Waals surface area contributed by atoms with Crippen molar-refractivity contribution >= 4 is 16.6 Å². The number of hydrogen-bond donors (Lipinski definition) is 0.